The molecule has 3 aliphatic rings. The Morgan fingerprint density at radius 1 is 1.28 bits per heavy atom. The summed E-state index contributed by atoms with van der Waals surface area (Å²) in [4.78, 5) is 18.3. The fraction of sp³-hybridized carbons (Fsp3) is 0.571. The zero-order valence-electron chi connectivity index (χ0n) is 10.1. The summed E-state index contributed by atoms with van der Waals surface area (Å²) in [6, 6.07) is 3.57. The molecule has 0 radical (unpaired) electrons. The van der Waals surface area contributed by atoms with Crippen molar-refractivity contribution < 1.29 is 9.90 Å². The molecule has 4 heteroatoms. The Kier molecular flexibility index (Phi) is 2.07. The molecular weight excluding hydrogens is 228 g/mol. The van der Waals surface area contributed by atoms with Crippen molar-refractivity contribution >= 4 is 5.91 Å². The van der Waals surface area contributed by atoms with Gasteiger partial charge in [0.1, 0.15) is 0 Å². The maximum Gasteiger partial charge on any atom is 0.254 e. The van der Waals surface area contributed by atoms with Crippen molar-refractivity contribution in [1.82, 2.24) is 9.88 Å². The molecule has 5 atom stereocenters. The van der Waals surface area contributed by atoms with E-state index in [0.717, 1.165) is 19.4 Å². The molecule has 3 fully saturated rings. The molecule has 2 heterocycles. The van der Waals surface area contributed by atoms with E-state index in [-0.39, 0.29) is 18.1 Å². The van der Waals surface area contributed by atoms with Gasteiger partial charge in [0.15, 0.2) is 0 Å². The van der Waals surface area contributed by atoms with Crippen LogP contribution in [0.4, 0.5) is 0 Å². The molecule has 1 saturated heterocycles. The molecule has 1 N–H and O–H groups in total. The van der Waals surface area contributed by atoms with E-state index >= 15 is 0 Å². The number of amides is 1. The number of aromatic nitrogens is 1. The maximum absolute atomic E-state index is 12.5. The van der Waals surface area contributed by atoms with Crippen LogP contribution >= 0.6 is 0 Å². The minimum absolute atomic E-state index is 0.0523. The van der Waals surface area contributed by atoms with Gasteiger partial charge in [-0.2, -0.15) is 0 Å². The molecule has 2 bridgehead atoms. The molecule has 1 aromatic rings. The number of carbonyl (C=O) groups is 1. The molecule has 0 spiro atoms. The quantitative estimate of drug-likeness (QED) is 0.799. The van der Waals surface area contributed by atoms with Gasteiger partial charge in [0.2, 0.25) is 0 Å². The van der Waals surface area contributed by atoms with E-state index in [1.54, 1.807) is 24.5 Å². The summed E-state index contributed by atoms with van der Waals surface area (Å²) in [7, 11) is 0. The number of fused-ring (bicyclic) bond motifs is 1. The predicted octanol–water partition coefficient (Wildman–Crippen LogP) is 0.923. The molecule has 1 aromatic heterocycles. The van der Waals surface area contributed by atoms with E-state index < -0.39 is 0 Å². The van der Waals surface area contributed by atoms with Crippen LogP contribution in [0.15, 0.2) is 24.5 Å². The summed E-state index contributed by atoms with van der Waals surface area (Å²) in [5.41, 5.74) is 0.682. The Morgan fingerprint density at radius 3 is 2.78 bits per heavy atom. The molecule has 1 amide bonds. The van der Waals surface area contributed by atoms with Gasteiger partial charge in [0, 0.05) is 24.5 Å². The maximum atomic E-state index is 12.5. The van der Waals surface area contributed by atoms with Crippen LogP contribution in [0.3, 0.4) is 0 Å². The van der Waals surface area contributed by atoms with Crippen LogP contribution < -0.4 is 0 Å². The Bertz CT molecular complexity index is 488. The van der Waals surface area contributed by atoms with Crippen LogP contribution in [0.1, 0.15) is 23.2 Å². The molecule has 1 aliphatic heterocycles. The van der Waals surface area contributed by atoms with Gasteiger partial charge in [-0.25, -0.2) is 0 Å². The van der Waals surface area contributed by atoms with E-state index in [9.17, 15) is 9.90 Å². The summed E-state index contributed by atoms with van der Waals surface area (Å²) >= 11 is 0. The summed E-state index contributed by atoms with van der Waals surface area (Å²) in [6.07, 6.45) is 5.19. The number of rotatable bonds is 1. The fourth-order valence-corrected chi connectivity index (χ4v) is 4.31. The topological polar surface area (TPSA) is 53.4 Å². The largest absolute Gasteiger partial charge is 0.391 e. The highest BCUT2D eigenvalue weighted by atomic mass is 16.3. The lowest BCUT2D eigenvalue weighted by molar-refractivity contribution is 0.0402. The van der Waals surface area contributed by atoms with E-state index in [0.29, 0.717) is 23.3 Å². The van der Waals surface area contributed by atoms with Crippen molar-refractivity contribution in [2.24, 2.45) is 17.8 Å². The first-order chi connectivity index (χ1) is 8.75. The standard InChI is InChI=1S/C14H16N2O2/c17-13-9-5-10-7-16(12(13)11(10)6-9)14(18)8-1-3-15-4-2-8/h1-4,9-13,17H,5-7H2/t9-,10-,11+,12-,13+/m0/s1. The normalized spacial score (nSPS) is 40.5. The van der Waals surface area contributed by atoms with Gasteiger partial charge in [-0.3, -0.25) is 9.78 Å². The number of hydrogen-bond donors (Lipinski definition) is 1. The lowest BCUT2D eigenvalue weighted by atomic mass is 9.88. The monoisotopic (exact) mass is 244 g/mol. The second-order valence-electron chi connectivity index (χ2n) is 5.83. The van der Waals surface area contributed by atoms with Gasteiger partial charge in [-0.15, -0.1) is 0 Å². The van der Waals surface area contributed by atoms with Crippen LogP contribution in [0.2, 0.25) is 0 Å². The Hall–Kier alpha value is -1.42. The van der Waals surface area contributed by atoms with Crippen LogP contribution in [-0.2, 0) is 0 Å². The average molecular weight is 244 g/mol. The van der Waals surface area contributed by atoms with Crippen molar-refractivity contribution in [3.63, 3.8) is 0 Å². The van der Waals surface area contributed by atoms with E-state index in [1.807, 2.05) is 4.90 Å². The average Bonchev–Trinajstić information content (AvgIpc) is 3.00. The SMILES string of the molecule is O=C(c1ccncc1)N1C[C@@H]2C[C@H]3C[C@H]2[C@H]1[C@@H]3O. The molecule has 0 unspecified atom stereocenters. The first kappa shape index (κ1) is 10.5. The number of aliphatic hydroxyl groups excluding tert-OH is 1. The number of nitrogens with zero attached hydrogens (tertiary/aromatic N) is 2. The van der Waals surface area contributed by atoms with Crippen molar-refractivity contribution in [3.05, 3.63) is 30.1 Å². The molecule has 0 aromatic carbocycles. The zero-order chi connectivity index (χ0) is 12.3. The number of carbonyl (C=O) groups excluding carboxylic acids is 1. The van der Waals surface area contributed by atoms with Gasteiger partial charge in [-0.1, -0.05) is 0 Å². The molecule has 18 heavy (non-hydrogen) atoms. The lowest BCUT2D eigenvalue weighted by Crippen LogP contribution is -2.43. The van der Waals surface area contributed by atoms with Gasteiger partial charge in [0.25, 0.3) is 5.91 Å². The highest BCUT2D eigenvalue weighted by Gasteiger charge is 2.59. The predicted molar refractivity (Wildman–Crippen MR) is 64.8 cm³/mol. The van der Waals surface area contributed by atoms with Gasteiger partial charge in [0.05, 0.1) is 12.1 Å². The Balaban J connectivity index is 1.65. The summed E-state index contributed by atoms with van der Waals surface area (Å²) < 4.78 is 0. The van der Waals surface area contributed by atoms with Crippen LogP contribution in [0.5, 0.6) is 0 Å². The van der Waals surface area contributed by atoms with Crippen LogP contribution in [-0.4, -0.2) is 39.6 Å². The number of aliphatic hydroxyl groups is 1. The number of pyridine rings is 1. The fourth-order valence-electron chi connectivity index (χ4n) is 4.31. The molecule has 2 saturated carbocycles. The highest BCUT2D eigenvalue weighted by molar-refractivity contribution is 5.94. The smallest absolute Gasteiger partial charge is 0.254 e. The van der Waals surface area contributed by atoms with Crippen LogP contribution in [0.25, 0.3) is 0 Å². The molecule has 2 aliphatic carbocycles. The van der Waals surface area contributed by atoms with Gasteiger partial charge >= 0.3 is 0 Å². The van der Waals surface area contributed by atoms with Crippen LogP contribution in [0, 0.1) is 17.8 Å². The molecule has 94 valence electrons. The highest BCUT2D eigenvalue weighted by Crippen LogP contribution is 2.55. The van der Waals surface area contributed by atoms with E-state index in [4.69, 9.17) is 0 Å². The van der Waals surface area contributed by atoms with E-state index in [2.05, 4.69) is 4.98 Å². The van der Waals surface area contributed by atoms with Crippen molar-refractivity contribution in [2.75, 3.05) is 6.54 Å². The third-order valence-corrected chi connectivity index (χ3v) is 5.04. The number of hydrogen-bond acceptors (Lipinski definition) is 3. The third-order valence-electron chi connectivity index (χ3n) is 5.04. The molecular formula is C14H16N2O2. The minimum atomic E-state index is -0.306. The van der Waals surface area contributed by atoms with E-state index in [1.165, 1.54) is 0 Å². The first-order valence-corrected chi connectivity index (χ1v) is 6.65. The summed E-state index contributed by atoms with van der Waals surface area (Å²) in [6.45, 7) is 0.823. The number of likely N-dealkylation sites (tertiary alicyclic amines) is 1. The summed E-state index contributed by atoms with van der Waals surface area (Å²) in [5, 5.41) is 10.3. The lowest BCUT2D eigenvalue weighted by Gasteiger charge is -2.28. The van der Waals surface area contributed by atoms with Gasteiger partial charge in [-0.05, 0) is 42.7 Å². The second kappa shape index (κ2) is 3.54. The van der Waals surface area contributed by atoms with Crippen molar-refractivity contribution in [3.8, 4) is 0 Å². The third kappa shape index (κ3) is 1.24. The van der Waals surface area contributed by atoms with Gasteiger partial charge < -0.3 is 10.0 Å². The van der Waals surface area contributed by atoms with Crippen molar-refractivity contribution in [1.29, 1.82) is 0 Å². The molecule has 4 rings (SSSR count). The van der Waals surface area contributed by atoms with Crippen molar-refractivity contribution in [2.45, 2.75) is 25.0 Å². The zero-order valence-corrected chi connectivity index (χ0v) is 10.1. The minimum Gasteiger partial charge on any atom is -0.391 e. The Labute approximate surface area is 106 Å². The molecule has 4 nitrogen and oxygen atoms in total. The second-order valence-corrected chi connectivity index (χ2v) is 5.83. The first-order valence-electron chi connectivity index (χ1n) is 6.65. The summed E-state index contributed by atoms with van der Waals surface area (Å²) in [5.74, 6) is 1.64. The Morgan fingerprint density at radius 2 is 2.06 bits per heavy atom.